The quantitative estimate of drug-likeness (QED) is 0.855. The molecule has 2 rings (SSSR count). The first kappa shape index (κ1) is 15.1. The van der Waals surface area contributed by atoms with Crippen LogP contribution < -0.4 is 10.1 Å². The van der Waals surface area contributed by atoms with E-state index in [0.717, 1.165) is 5.56 Å². The van der Waals surface area contributed by atoms with Gasteiger partial charge >= 0.3 is 12.0 Å². The molecule has 21 heavy (non-hydrogen) atoms. The molecule has 0 aliphatic carbocycles. The van der Waals surface area contributed by atoms with Gasteiger partial charge in [0.1, 0.15) is 5.02 Å². The minimum atomic E-state index is -0.728. The van der Waals surface area contributed by atoms with E-state index in [-0.39, 0.29) is 11.0 Å². The lowest BCUT2D eigenvalue weighted by atomic mass is 10.1. The average molecular weight is 308 g/mol. The number of hydrogen-bond donors (Lipinski definition) is 1. The van der Waals surface area contributed by atoms with E-state index >= 15 is 0 Å². The van der Waals surface area contributed by atoms with Crippen molar-refractivity contribution in [2.75, 3.05) is 19.5 Å². The summed E-state index contributed by atoms with van der Waals surface area (Å²) in [5.74, 6) is -0.155. The van der Waals surface area contributed by atoms with Crippen molar-refractivity contribution in [1.82, 2.24) is 9.97 Å². The van der Waals surface area contributed by atoms with Crippen molar-refractivity contribution < 1.29 is 14.3 Å². The van der Waals surface area contributed by atoms with Crippen LogP contribution in [0.1, 0.15) is 11.6 Å². The maximum Gasteiger partial charge on any atom is 0.333 e. The lowest BCUT2D eigenvalue weighted by molar-refractivity contribution is -0.141. The third-order valence-corrected chi connectivity index (χ3v) is 3.03. The molecular weight excluding hydrogens is 294 g/mol. The van der Waals surface area contributed by atoms with Crippen LogP contribution in [0, 0.1) is 0 Å². The molecule has 1 atom stereocenters. The fourth-order valence-corrected chi connectivity index (χ4v) is 1.87. The van der Waals surface area contributed by atoms with Crippen LogP contribution in [0.5, 0.6) is 6.01 Å². The van der Waals surface area contributed by atoms with Gasteiger partial charge in [-0.2, -0.15) is 4.98 Å². The van der Waals surface area contributed by atoms with Crippen LogP contribution in [-0.4, -0.2) is 30.2 Å². The van der Waals surface area contributed by atoms with E-state index < -0.39 is 12.0 Å². The van der Waals surface area contributed by atoms with E-state index in [1.54, 1.807) is 12.1 Å². The van der Waals surface area contributed by atoms with Gasteiger partial charge in [0.25, 0.3) is 0 Å². The Bertz CT molecular complexity index is 622. The number of benzene rings is 1. The SMILES string of the molecule is COC(=O)C(Nc1nc(OC)ncc1Cl)c1ccccc1. The van der Waals surface area contributed by atoms with Gasteiger partial charge in [-0.05, 0) is 5.56 Å². The molecule has 6 nitrogen and oxygen atoms in total. The predicted octanol–water partition coefficient (Wildman–Crippen LogP) is 2.46. The molecule has 1 unspecified atom stereocenters. The smallest absolute Gasteiger partial charge is 0.333 e. The third-order valence-electron chi connectivity index (χ3n) is 2.76. The molecule has 7 heteroatoms. The Labute approximate surface area is 127 Å². The summed E-state index contributed by atoms with van der Waals surface area (Å²) in [4.78, 5) is 19.9. The fourth-order valence-electron chi connectivity index (χ4n) is 1.73. The fraction of sp³-hybridized carbons (Fsp3) is 0.214. The number of rotatable bonds is 5. The van der Waals surface area contributed by atoms with Gasteiger partial charge in [0, 0.05) is 0 Å². The zero-order valence-corrected chi connectivity index (χ0v) is 12.3. The number of methoxy groups -OCH3 is 2. The van der Waals surface area contributed by atoms with Gasteiger partial charge in [-0.15, -0.1) is 0 Å². The number of halogens is 1. The molecular formula is C14H14ClN3O3. The first-order valence-electron chi connectivity index (χ1n) is 6.11. The molecule has 0 saturated carbocycles. The first-order valence-corrected chi connectivity index (χ1v) is 6.49. The van der Waals surface area contributed by atoms with Crippen LogP contribution in [-0.2, 0) is 9.53 Å². The van der Waals surface area contributed by atoms with Gasteiger partial charge < -0.3 is 14.8 Å². The van der Waals surface area contributed by atoms with Crippen molar-refractivity contribution in [1.29, 1.82) is 0 Å². The summed E-state index contributed by atoms with van der Waals surface area (Å²) in [6, 6.07) is 8.55. The Hall–Kier alpha value is -2.34. The van der Waals surface area contributed by atoms with E-state index in [1.807, 2.05) is 18.2 Å². The van der Waals surface area contributed by atoms with Gasteiger partial charge in [0.2, 0.25) is 0 Å². The van der Waals surface area contributed by atoms with Crippen molar-refractivity contribution in [3.63, 3.8) is 0 Å². The lowest BCUT2D eigenvalue weighted by Crippen LogP contribution is -2.23. The summed E-state index contributed by atoms with van der Waals surface area (Å²) in [6.45, 7) is 0. The molecule has 1 heterocycles. The van der Waals surface area contributed by atoms with E-state index in [9.17, 15) is 4.79 Å². The minimum Gasteiger partial charge on any atom is -0.467 e. The van der Waals surface area contributed by atoms with Crippen molar-refractivity contribution in [2.45, 2.75) is 6.04 Å². The normalized spacial score (nSPS) is 11.6. The Morgan fingerprint density at radius 3 is 2.62 bits per heavy atom. The second-order valence-corrected chi connectivity index (χ2v) is 4.47. The molecule has 1 aromatic heterocycles. The zero-order chi connectivity index (χ0) is 15.2. The van der Waals surface area contributed by atoms with Gasteiger partial charge in [-0.1, -0.05) is 41.9 Å². The molecule has 0 radical (unpaired) electrons. The highest BCUT2D eigenvalue weighted by molar-refractivity contribution is 6.32. The molecule has 1 aromatic carbocycles. The molecule has 0 fully saturated rings. The second kappa shape index (κ2) is 6.90. The van der Waals surface area contributed by atoms with Gasteiger partial charge in [0.05, 0.1) is 20.4 Å². The summed E-state index contributed by atoms with van der Waals surface area (Å²) in [6.07, 6.45) is 1.40. The Balaban J connectivity index is 2.34. The van der Waals surface area contributed by atoms with Crippen LogP contribution >= 0.6 is 11.6 Å². The second-order valence-electron chi connectivity index (χ2n) is 4.06. The summed E-state index contributed by atoms with van der Waals surface area (Å²) >= 11 is 6.04. The predicted molar refractivity (Wildman–Crippen MR) is 78.4 cm³/mol. The third kappa shape index (κ3) is 3.61. The first-order chi connectivity index (χ1) is 10.2. The summed E-state index contributed by atoms with van der Waals surface area (Å²) in [5.41, 5.74) is 0.734. The van der Waals surface area contributed by atoms with Crippen LogP contribution in [0.4, 0.5) is 5.82 Å². The molecule has 0 amide bonds. The number of esters is 1. The van der Waals surface area contributed by atoms with E-state index in [2.05, 4.69) is 15.3 Å². The number of anilines is 1. The van der Waals surface area contributed by atoms with E-state index in [1.165, 1.54) is 20.4 Å². The molecule has 0 aliphatic rings. The Morgan fingerprint density at radius 2 is 2.00 bits per heavy atom. The monoisotopic (exact) mass is 307 g/mol. The number of ether oxygens (including phenoxy) is 2. The highest BCUT2D eigenvalue weighted by atomic mass is 35.5. The van der Waals surface area contributed by atoms with Crippen LogP contribution in [0.25, 0.3) is 0 Å². The summed E-state index contributed by atoms with van der Waals surface area (Å²) in [7, 11) is 2.77. The van der Waals surface area contributed by atoms with Crippen molar-refractivity contribution in [2.24, 2.45) is 0 Å². The zero-order valence-electron chi connectivity index (χ0n) is 11.5. The Kier molecular flexibility index (Phi) is 4.94. The summed E-state index contributed by atoms with van der Waals surface area (Å²) in [5, 5.41) is 3.23. The number of carbonyl (C=O) groups excluding carboxylic acids is 1. The molecule has 0 bridgehead atoms. The molecule has 2 aromatic rings. The Morgan fingerprint density at radius 1 is 1.29 bits per heavy atom. The largest absolute Gasteiger partial charge is 0.467 e. The lowest BCUT2D eigenvalue weighted by Gasteiger charge is -2.18. The van der Waals surface area contributed by atoms with Crippen molar-refractivity contribution in [3.05, 3.63) is 47.1 Å². The molecule has 0 spiro atoms. The molecule has 110 valence electrons. The number of nitrogens with zero attached hydrogens (tertiary/aromatic N) is 2. The summed E-state index contributed by atoms with van der Waals surface area (Å²) < 4.78 is 9.76. The van der Waals surface area contributed by atoms with Crippen LogP contribution in [0.2, 0.25) is 5.02 Å². The highest BCUT2D eigenvalue weighted by Crippen LogP contribution is 2.26. The molecule has 0 aliphatic heterocycles. The topological polar surface area (TPSA) is 73.3 Å². The van der Waals surface area contributed by atoms with Gasteiger partial charge in [-0.3, -0.25) is 0 Å². The van der Waals surface area contributed by atoms with Crippen molar-refractivity contribution >= 4 is 23.4 Å². The average Bonchev–Trinajstić information content (AvgIpc) is 2.54. The van der Waals surface area contributed by atoms with Gasteiger partial charge in [0.15, 0.2) is 11.9 Å². The number of nitrogens with one attached hydrogen (secondary N) is 1. The molecule has 1 N–H and O–H groups in total. The van der Waals surface area contributed by atoms with Gasteiger partial charge in [-0.25, -0.2) is 9.78 Å². The standard InChI is InChI=1S/C14H14ClN3O3/c1-20-13(19)11(9-6-4-3-5-7-9)17-12-10(15)8-16-14(18-12)21-2/h3-8,11H,1-2H3,(H,16,17,18). The number of aromatic nitrogens is 2. The van der Waals surface area contributed by atoms with Crippen LogP contribution in [0.3, 0.4) is 0 Å². The van der Waals surface area contributed by atoms with E-state index in [4.69, 9.17) is 21.1 Å². The highest BCUT2D eigenvalue weighted by Gasteiger charge is 2.23. The minimum absolute atomic E-state index is 0.151. The number of carbonyl (C=O) groups is 1. The van der Waals surface area contributed by atoms with Crippen molar-refractivity contribution in [3.8, 4) is 6.01 Å². The van der Waals surface area contributed by atoms with Crippen LogP contribution in [0.15, 0.2) is 36.5 Å². The van der Waals surface area contributed by atoms with E-state index in [0.29, 0.717) is 5.82 Å². The molecule has 0 saturated heterocycles. The maximum absolute atomic E-state index is 12.0. The maximum atomic E-state index is 12.0. The number of hydrogen-bond acceptors (Lipinski definition) is 6.